The van der Waals surface area contributed by atoms with Crippen molar-refractivity contribution in [3.8, 4) is 0 Å². The summed E-state index contributed by atoms with van der Waals surface area (Å²) in [5, 5.41) is 11.6. The van der Waals surface area contributed by atoms with E-state index in [-0.39, 0.29) is 5.92 Å². The molecule has 0 radical (unpaired) electrons. The lowest BCUT2D eigenvalue weighted by atomic mass is 10.1. The summed E-state index contributed by atoms with van der Waals surface area (Å²) in [5.41, 5.74) is 7.79. The third kappa shape index (κ3) is 2.48. The van der Waals surface area contributed by atoms with Gasteiger partial charge in [-0.1, -0.05) is 13.8 Å². The van der Waals surface area contributed by atoms with E-state index in [1.165, 1.54) is 0 Å². The van der Waals surface area contributed by atoms with Crippen LogP contribution in [0.1, 0.15) is 13.8 Å². The molecule has 0 bridgehead atoms. The topological polar surface area (TPSA) is 86.1 Å². The molecule has 0 saturated carbocycles. The molecule has 1 unspecified atom stereocenters. The van der Waals surface area contributed by atoms with Crippen molar-refractivity contribution in [3.05, 3.63) is 10.4 Å². The van der Waals surface area contributed by atoms with Crippen LogP contribution in [0.5, 0.6) is 0 Å². The summed E-state index contributed by atoms with van der Waals surface area (Å²) in [7, 11) is 0. The lowest BCUT2D eigenvalue weighted by molar-refractivity contribution is -0.127. The first-order valence-corrected chi connectivity index (χ1v) is 2.86. The summed E-state index contributed by atoms with van der Waals surface area (Å²) in [6.45, 7) is 3.32. The molecule has 0 aliphatic carbocycles. The van der Waals surface area contributed by atoms with Gasteiger partial charge in [-0.3, -0.25) is 4.79 Å². The van der Waals surface area contributed by atoms with Gasteiger partial charge in [0.1, 0.15) is 6.10 Å². The SMILES string of the molecule is CC(C)C(O)C(=O)N=[N+]=[N-]. The molecular weight excluding hydrogens is 134 g/mol. The molecule has 1 amide bonds. The number of carbonyl (C=O) groups excluding carboxylic acids is 1. The number of azide groups is 1. The highest BCUT2D eigenvalue weighted by molar-refractivity contribution is 5.81. The fraction of sp³-hybridized carbons (Fsp3) is 0.800. The molecule has 56 valence electrons. The Labute approximate surface area is 58.3 Å². The number of hydrogen-bond donors (Lipinski definition) is 1. The van der Waals surface area contributed by atoms with Crippen LogP contribution < -0.4 is 0 Å². The molecule has 10 heavy (non-hydrogen) atoms. The van der Waals surface area contributed by atoms with E-state index in [1.54, 1.807) is 13.8 Å². The van der Waals surface area contributed by atoms with Crippen LogP contribution >= 0.6 is 0 Å². The quantitative estimate of drug-likeness (QED) is 0.352. The predicted molar refractivity (Wildman–Crippen MR) is 35.0 cm³/mol. The second kappa shape index (κ2) is 3.87. The van der Waals surface area contributed by atoms with Crippen molar-refractivity contribution in [2.45, 2.75) is 20.0 Å². The van der Waals surface area contributed by atoms with Crippen LogP contribution in [0.3, 0.4) is 0 Å². The summed E-state index contributed by atoms with van der Waals surface area (Å²) in [5.74, 6) is -1.03. The molecule has 1 N–H and O–H groups in total. The van der Waals surface area contributed by atoms with Gasteiger partial charge in [-0.25, -0.2) is 0 Å². The van der Waals surface area contributed by atoms with Crippen molar-refractivity contribution in [2.75, 3.05) is 0 Å². The molecule has 0 aliphatic rings. The number of amides is 1. The van der Waals surface area contributed by atoms with Gasteiger partial charge in [0, 0.05) is 4.91 Å². The zero-order valence-corrected chi connectivity index (χ0v) is 5.85. The monoisotopic (exact) mass is 143 g/mol. The fourth-order valence-electron chi connectivity index (χ4n) is 0.388. The second-order valence-corrected chi connectivity index (χ2v) is 2.22. The molecule has 0 aromatic heterocycles. The molecule has 0 aliphatic heterocycles. The van der Waals surface area contributed by atoms with E-state index >= 15 is 0 Å². The molecule has 0 rings (SSSR count). The average molecular weight is 143 g/mol. The Morgan fingerprint density at radius 1 is 1.70 bits per heavy atom. The maximum Gasteiger partial charge on any atom is 0.247 e. The van der Waals surface area contributed by atoms with Crippen molar-refractivity contribution in [1.29, 1.82) is 0 Å². The van der Waals surface area contributed by atoms with Crippen LogP contribution in [0.4, 0.5) is 0 Å². The Kier molecular flexibility index (Phi) is 3.46. The second-order valence-electron chi connectivity index (χ2n) is 2.22. The highest BCUT2D eigenvalue weighted by Crippen LogP contribution is 2.02. The molecule has 0 fully saturated rings. The Morgan fingerprint density at radius 3 is 2.50 bits per heavy atom. The van der Waals surface area contributed by atoms with E-state index in [2.05, 4.69) is 10.0 Å². The number of hydrogen-bond acceptors (Lipinski definition) is 2. The fourth-order valence-corrected chi connectivity index (χ4v) is 0.388. The van der Waals surface area contributed by atoms with Crippen LogP contribution in [0.2, 0.25) is 0 Å². The van der Waals surface area contributed by atoms with Crippen molar-refractivity contribution in [1.82, 2.24) is 0 Å². The van der Waals surface area contributed by atoms with Gasteiger partial charge in [-0.05, 0) is 16.6 Å². The van der Waals surface area contributed by atoms with Gasteiger partial charge in [0.15, 0.2) is 0 Å². The van der Waals surface area contributed by atoms with E-state index in [0.717, 1.165) is 0 Å². The molecular formula is C5H9N3O2. The largest absolute Gasteiger partial charge is 0.385 e. The molecule has 5 heteroatoms. The summed E-state index contributed by atoms with van der Waals surface area (Å²) in [4.78, 5) is 12.8. The Balaban J connectivity index is 4.07. The van der Waals surface area contributed by atoms with Gasteiger partial charge >= 0.3 is 0 Å². The first-order chi connectivity index (χ1) is 4.59. The highest BCUT2D eigenvalue weighted by atomic mass is 16.3. The van der Waals surface area contributed by atoms with Crippen molar-refractivity contribution in [2.24, 2.45) is 11.0 Å². The summed E-state index contributed by atoms with van der Waals surface area (Å²) < 4.78 is 0. The summed E-state index contributed by atoms with van der Waals surface area (Å²) in [6, 6.07) is 0. The van der Waals surface area contributed by atoms with Gasteiger partial charge in [-0.2, -0.15) is 0 Å². The maximum absolute atomic E-state index is 10.5. The van der Waals surface area contributed by atoms with E-state index in [4.69, 9.17) is 10.6 Å². The average Bonchev–Trinajstić information content (AvgIpc) is 1.87. The van der Waals surface area contributed by atoms with Crippen LogP contribution in [0, 0.1) is 5.92 Å². The number of aliphatic hydroxyl groups is 1. The van der Waals surface area contributed by atoms with Crippen molar-refractivity contribution < 1.29 is 9.90 Å². The molecule has 5 nitrogen and oxygen atoms in total. The Bertz CT molecular complexity index is 172. The maximum atomic E-state index is 10.5. The van der Waals surface area contributed by atoms with E-state index in [9.17, 15) is 4.79 Å². The van der Waals surface area contributed by atoms with Gasteiger partial charge in [0.2, 0.25) is 5.91 Å². The lowest BCUT2D eigenvalue weighted by Gasteiger charge is -2.08. The van der Waals surface area contributed by atoms with Crippen molar-refractivity contribution >= 4 is 5.91 Å². The zero-order valence-electron chi connectivity index (χ0n) is 5.85. The van der Waals surface area contributed by atoms with Crippen LogP contribution in [-0.2, 0) is 4.79 Å². The number of aliphatic hydroxyl groups excluding tert-OH is 1. The number of rotatable bonds is 2. The number of carbonyl (C=O) groups is 1. The Morgan fingerprint density at radius 2 is 2.20 bits per heavy atom. The van der Waals surface area contributed by atoms with Crippen LogP contribution in [-0.4, -0.2) is 17.1 Å². The van der Waals surface area contributed by atoms with Crippen molar-refractivity contribution in [3.63, 3.8) is 0 Å². The minimum atomic E-state index is -1.17. The first kappa shape index (κ1) is 8.94. The van der Waals surface area contributed by atoms with E-state index < -0.39 is 12.0 Å². The predicted octanol–water partition coefficient (Wildman–Crippen LogP) is 0.840. The van der Waals surface area contributed by atoms with Crippen LogP contribution in [0.25, 0.3) is 10.4 Å². The van der Waals surface area contributed by atoms with E-state index in [1.807, 2.05) is 0 Å². The zero-order chi connectivity index (χ0) is 8.15. The van der Waals surface area contributed by atoms with Gasteiger partial charge < -0.3 is 5.11 Å². The molecule has 0 spiro atoms. The third-order valence-electron chi connectivity index (χ3n) is 1.03. The normalized spacial score (nSPS) is 12.4. The van der Waals surface area contributed by atoms with Gasteiger partial charge in [-0.15, -0.1) is 0 Å². The Hall–Kier alpha value is -1.06. The smallest absolute Gasteiger partial charge is 0.247 e. The highest BCUT2D eigenvalue weighted by Gasteiger charge is 2.16. The third-order valence-corrected chi connectivity index (χ3v) is 1.03. The molecule has 0 aromatic carbocycles. The van der Waals surface area contributed by atoms with E-state index in [0.29, 0.717) is 0 Å². The van der Waals surface area contributed by atoms with Gasteiger partial charge in [0.25, 0.3) is 0 Å². The van der Waals surface area contributed by atoms with Gasteiger partial charge in [0.05, 0.1) is 0 Å². The standard InChI is InChI=1S/C5H9N3O2/c1-3(2)4(9)5(10)7-8-6/h3-4,9H,1-2H3. The summed E-state index contributed by atoms with van der Waals surface area (Å²) in [6.07, 6.45) is -1.17. The molecule has 0 saturated heterocycles. The molecule has 0 heterocycles. The first-order valence-electron chi connectivity index (χ1n) is 2.86. The molecule has 0 aromatic rings. The molecule has 1 atom stereocenters. The number of nitrogens with zero attached hydrogens (tertiary/aromatic N) is 3. The minimum absolute atomic E-state index is 0.210. The van der Waals surface area contributed by atoms with Crippen LogP contribution in [0.15, 0.2) is 5.11 Å². The minimum Gasteiger partial charge on any atom is -0.385 e. The lowest BCUT2D eigenvalue weighted by Crippen LogP contribution is -2.23. The summed E-state index contributed by atoms with van der Waals surface area (Å²) >= 11 is 0.